The van der Waals surface area contributed by atoms with Crippen LogP contribution in [-0.2, 0) is 24.7 Å². The molecule has 0 aromatic heterocycles. The zero-order chi connectivity index (χ0) is 16.0. The van der Waals surface area contributed by atoms with Crippen LogP contribution in [0.2, 0.25) is 0 Å². The predicted molar refractivity (Wildman–Crippen MR) is 69.0 cm³/mol. The van der Waals surface area contributed by atoms with E-state index in [1.54, 1.807) is 0 Å². The number of benzene rings is 1. The first-order chi connectivity index (χ1) is 9.91. The van der Waals surface area contributed by atoms with Crippen molar-refractivity contribution in [1.29, 1.82) is 0 Å². The fourth-order valence-electron chi connectivity index (χ4n) is 1.67. The Morgan fingerprint density at radius 2 is 1.67 bits per heavy atom. The molecule has 0 aliphatic carbocycles. The molecule has 0 saturated heterocycles. The van der Waals surface area contributed by atoms with Gasteiger partial charge in [-0.1, -0.05) is 0 Å². The minimum absolute atomic E-state index is 0.117. The lowest BCUT2D eigenvalue weighted by atomic mass is 9.95. The van der Waals surface area contributed by atoms with Crippen molar-refractivity contribution >= 4 is 11.9 Å². The SMILES string of the molecule is CCOC(=O)C(F)(C(=O)OCC)c1ccc(OC)cc1F. The lowest BCUT2D eigenvalue weighted by Crippen LogP contribution is -2.43. The summed E-state index contributed by atoms with van der Waals surface area (Å²) in [5.74, 6) is -4.04. The Balaban J connectivity index is 3.36. The van der Waals surface area contributed by atoms with Crippen LogP contribution in [0.1, 0.15) is 19.4 Å². The molecule has 0 aliphatic heterocycles. The molecule has 0 bridgehead atoms. The van der Waals surface area contributed by atoms with Crippen LogP contribution in [0.5, 0.6) is 5.75 Å². The van der Waals surface area contributed by atoms with Gasteiger partial charge in [0.25, 0.3) is 0 Å². The summed E-state index contributed by atoms with van der Waals surface area (Å²) in [6, 6.07) is 3.04. The molecule has 1 aromatic carbocycles. The molecule has 0 unspecified atom stereocenters. The molecular weight excluding hydrogens is 286 g/mol. The second-order valence-electron chi connectivity index (χ2n) is 3.95. The number of methoxy groups -OCH3 is 1. The van der Waals surface area contributed by atoms with Crippen molar-refractivity contribution in [2.45, 2.75) is 19.5 Å². The zero-order valence-electron chi connectivity index (χ0n) is 11.9. The van der Waals surface area contributed by atoms with E-state index < -0.39 is 29.0 Å². The second-order valence-corrected chi connectivity index (χ2v) is 3.95. The lowest BCUT2D eigenvalue weighted by molar-refractivity contribution is -0.175. The maximum Gasteiger partial charge on any atom is 0.360 e. The molecule has 5 nitrogen and oxygen atoms in total. The second kappa shape index (κ2) is 7.01. The van der Waals surface area contributed by atoms with Gasteiger partial charge in [-0.2, -0.15) is 0 Å². The molecule has 0 N–H and O–H groups in total. The molecule has 21 heavy (non-hydrogen) atoms. The monoisotopic (exact) mass is 302 g/mol. The van der Waals surface area contributed by atoms with E-state index in [4.69, 9.17) is 4.74 Å². The Morgan fingerprint density at radius 3 is 2.05 bits per heavy atom. The molecule has 0 aliphatic rings. The predicted octanol–water partition coefficient (Wildman–Crippen LogP) is 2.13. The molecule has 116 valence electrons. The quantitative estimate of drug-likeness (QED) is 0.595. The number of rotatable bonds is 6. The summed E-state index contributed by atoms with van der Waals surface area (Å²) in [6.45, 7) is 2.55. The van der Waals surface area contributed by atoms with Crippen LogP contribution in [0.15, 0.2) is 18.2 Å². The molecule has 1 aromatic rings. The maximum atomic E-state index is 15.0. The standard InChI is InChI=1S/C14H16F2O5/c1-4-20-12(17)14(16,13(18)21-5-2)10-7-6-9(19-3)8-11(10)15/h6-8H,4-5H2,1-3H3. The van der Waals surface area contributed by atoms with Gasteiger partial charge in [0.15, 0.2) is 0 Å². The van der Waals surface area contributed by atoms with Crippen LogP contribution in [0.4, 0.5) is 8.78 Å². The molecule has 0 atom stereocenters. The number of ether oxygens (including phenoxy) is 3. The average Bonchev–Trinajstić information content (AvgIpc) is 2.46. The number of hydrogen-bond donors (Lipinski definition) is 0. The molecule has 0 heterocycles. The molecule has 1 rings (SSSR count). The van der Waals surface area contributed by atoms with Gasteiger partial charge < -0.3 is 14.2 Å². The average molecular weight is 302 g/mol. The molecular formula is C14H16F2O5. The van der Waals surface area contributed by atoms with Gasteiger partial charge in [-0.25, -0.2) is 18.4 Å². The number of carbonyl (C=O) groups is 2. The van der Waals surface area contributed by atoms with Crippen molar-refractivity contribution in [1.82, 2.24) is 0 Å². The first-order valence-corrected chi connectivity index (χ1v) is 6.29. The highest BCUT2D eigenvalue weighted by molar-refractivity contribution is 6.04. The smallest absolute Gasteiger partial charge is 0.360 e. The maximum absolute atomic E-state index is 15.0. The molecule has 0 saturated carbocycles. The van der Waals surface area contributed by atoms with Crippen molar-refractivity contribution in [2.24, 2.45) is 0 Å². The number of carbonyl (C=O) groups excluding carboxylic acids is 2. The Morgan fingerprint density at radius 1 is 1.14 bits per heavy atom. The topological polar surface area (TPSA) is 61.8 Å². The number of alkyl halides is 1. The van der Waals surface area contributed by atoms with Gasteiger partial charge in [0, 0.05) is 11.6 Å². The summed E-state index contributed by atoms with van der Waals surface area (Å²) in [7, 11) is 1.30. The lowest BCUT2D eigenvalue weighted by Gasteiger charge is -2.22. The summed E-state index contributed by atoms with van der Waals surface area (Å²) >= 11 is 0. The van der Waals surface area contributed by atoms with Gasteiger partial charge in [0.1, 0.15) is 11.6 Å². The first-order valence-electron chi connectivity index (χ1n) is 6.29. The molecule has 0 amide bonds. The Hall–Kier alpha value is -2.18. The zero-order valence-corrected chi connectivity index (χ0v) is 11.9. The Kier molecular flexibility index (Phi) is 5.63. The Labute approximate surface area is 120 Å². The van der Waals surface area contributed by atoms with Crippen LogP contribution in [0, 0.1) is 5.82 Å². The summed E-state index contributed by atoms with van der Waals surface area (Å²) in [5, 5.41) is 0. The molecule has 7 heteroatoms. The fourth-order valence-corrected chi connectivity index (χ4v) is 1.67. The van der Waals surface area contributed by atoms with E-state index in [-0.39, 0.29) is 19.0 Å². The van der Waals surface area contributed by atoms with Crippen molar-refractivity contribution in [3.63, 3.8) is 0 Å². The third kappa shape index (κ3) is 3.29. The van der Waals surface area contributed by atoms with E-state index in [2.05, 4.69) is 9.47 Å². The summed E-state index contributed by atoms with van der Waals surface area (Å²) in [4.78, 5) is 23.6. The number of hydrogen-bond acceptors (Lipinski definition) is 5. The van der Waals surface area contributed by atoms with Gasteiger partial charge in [-0.15, -0.1) is 0 Å². The minimum atomic E-state index is -3.36. The fraction of sp³-hybridized carbons (Fsp3) is 0.429. The minimum Gasteiger partial charge on any atom is -0.497 e. The third-order valence-corrected chi connectivity index (χ3v) is 2.66. The highest BCUT2D eigenvalue weighted by Crippen LogP contribution is 2.33. The molecule has 0 radical (unpaired) electrons. The highest BCUT2D eigenvalue weighted by atomic mass is 19.1. The van der Waals surface area contributed by atoms with Gasteiger partial charge in [-0.3, -0.25) is 0 Å². The van der Waals surface area contributed by atoms with Crippen molar-refractivity contribution < 1.29 is 32.6 Å². The highest BCUT2D eigenvalue weighted by Gasteiger charge is 2.53. The van der Waals surface area contributed by atoms with Crippen LogP contribution in [0.25, 0.3) is 0 Å². The van der Waals surface area contributed by atoms with Gasteiger partial charge in [0.05, 0.1) is 20.3 Å². The number of halogens is 2. The molecule has 0 fully saturated rings. The summed E-state index contributed by atoms with van der Waals surface area (Å²) in [6.07, 6.45) is 0. The van der Waals surface area contributed by atoms with Crippen molar-refractivity contribution in [3.8, 4) is 5.75 Å². The normalized spacial score (nSPS) is 10.9. The van der Waals surface area contributed by atoms with Crippen molar-refractivity contribution in [2.75, 3.05) is 20.3 Å². The number of esters is 2. The van der Waals surface area contributed by atoms with Crippen LogP contribution < -0.4 is 4.74 Å². The van der Waals surface area contributed by atoms with E-state index in [1.165, 1.54) is 27.0 Å². The summed E-state index contributed by atoms with van der Waals surface area (Å²) in [5.41, 5.74) is -4.14. The van der Waals surface area contributed by atoms with Gasteiger partial charge in [-0.05, 0) is 26.0 Å². The summed E-state index contributed by atoms with van der Waals surface area (Å²) < 4.78 is 42.8. The van der Waals surface area contributed by atoms with Crippen LogP contribution in [-0.4, -0.2) is 32.3 Å². The van der Waals surface area contributed by atoms with Gasteiger partial charge >= 0.3 is 17.6 Å². The van der Waals surface area contributed by atoms with Gasteiger partial charge in [0.2, 0.25) is 0 Å². The van der Waals surface area contributed by atoms with E-state index in [0.29, 0.717) is 0 Å². The van der Waals surface area contributed by atoms with Crippen molar-refractivity contribution in [3.05, 3.63) is 29.6 Å². The first kappa shape index (κ1) is 16.9. The Bertz CT molecular complexity index is 512. The van der Waals surface area contributed by atoms with E-state index in [9.17, 15) is 18.4 Å². The molecule has 0 spiro atoms. The van der Waals surface area contributed by atoms with Crippen LogP contribution >= 0.6 is 0 Å². The third-order valence-electron chi connectivity index (χ3n) is 2.66. The van der Waals surface area contributed by atoms with E-state index in [1.807, 2.05) is 0 Å². The largest absolute Gasteiger partial charge is 0.497 e. The van der Waals surface area contributed by atoms with E-state index >= 15 is 0 Å². The van der Waals surface area contributed by atoms with E-state index in [0.717, 1.165) is 12.1 Å². The van der Waals surface area contributed by atoms with Crippen LogP contribution in [0.3, 0.4) is 0 Å².